The van der Waals surface area contributed by atoms with E-state index in [1.807, 2.05) is 0 Å². The lowest BCUT2D eigenvalue weighted by molar-refractivity contribution is -0.117. The summed E-state index contributed by atoms with van der Waals surface area (Å²) in [6.45, 7) is 0.712. The standard InChI is InChI=1S/C12H12FN3O4S/c13-11-8(3-7-4-14-5-7)1-2-9(17)12(11)16-6-10(18)15-21(16,19)20/h1-3,14,17H,4-6H2,(H,15,18). The Morgan fingerprint density at radius 2 is 2.05 bits per heavy atom. The van der Waals surface area contributed by atoms with Crippen molar-refractivity contribution >= 4 is 27.9 Å². The number of nitrogens with zero attached hydrogens (tertiary/aromatic N) is 1. The fraction of sp³-hybridized carbons (Fsp3) is 0.250. The van der Waals surface area contributed by atoms with Gasteiger partial charge in [-0.3, -0.25) is 4.79 Å². The molecule has 2 heterocycles. The van der Waals surface area contributed by atoms with Crippen LogP contribution in [-0.4, -0.2) is 39.1 Å². The monoisotopic (exact) mass is 313 g/mol. The SMILES string of the molecule is O=C1CN(c2c(O)ccc(C=C3CNC3)c2F)S(=O)(=O)N1. The lowest BCUT2D eigenvalue weighted by atomic mass is 10.1. The van der Waals surface area contributed by atoms with E-state index < -0.39 is 39.9 Å². The minimum Gasteiger partial charge on any atom is -0.506 e. The summed E-state index contributed by atoms with van der Waals surface area (Å²) >= 11 is 0. The summed E-state index contributed by atoms with van der Waals surface area (Å²) < 4.78 is 40.3. The Balaban J connectivity index is 2.10. The van der Waals surface area contributed by atoms with Gasteiger partial charge < -0.3 is 10.4 Å². The molecule has 0 bridgehead atoms. The number of phenols is 1. The number of carbonyl (C=O) groups excluding carboxylic acids is 1. The van der Waals surface area contributed by atoms with Gasteiger partial charge in [0, 0.05) is 18.7 Å². The van der Waals surface area contributed by atoms with Crippen molar-refractivity contribution in [2.45, 2.75) is 0 Å². The highest BCUT2D eigenvalue weighted by Crippen LogP contribution is 2.35. The number of anilines is 1. The molecule has 0 saturated carbocycles. The third kappa shape index (κ3) is 2.34. The molecule has 9 heteroatoms. The van der Waals surface area contributed by atoms with Gasteiger partial charge in [-0.25, -0.2) is 13.4 Å². The van der Waals surface area contributed by atoms with Gasteiger partial charge in [0.25, 0.3) is 5.91 Å². The van der Waals surface area contributed by atoms with Crippen molar-refractivity contribution in [3.63, 3.8) is 0 Å². The molecule has 1 aromatic carbocycles. The Hall–Kier alpha value is -2.13. The summed E-state index contributed by atoms with van der Waals surface area (Å²) in [5, 5.41) is 12.8. The summed E-state index contributed by atoms with van der Waals surface area (Å²) in [7, 11) is -4.17. The molecule has 21 heavy (non-hydrogen) atoms. The first-order valence-corrected chi connectivity index (χ1v) is 7.57. The Kier molecular flexibility index (Phi) is 3.10. The topological polar surface area (TPSA) is 98.7 Å². The second-order valence-electron chi connectivity index (χ2n) is 4.78. The third-order valence-electron chi connectivity index (χ3n) is 3.26. The maximum atomic E-state index is 14.5. The van der Waals surface area contributed by atoms with Crippen LogP contribution in [0.1, 0.15) is 5.56 Å². The Morgan fingerprint density at radius 3 is 2.57 bits per heavy atom. The van der Waals surface area contributed by atoms with Crippen LogP contribution in [-0.2, 0) is 15.0 Å². The molecule has 0 radical (unpaired) electrons. The van der Waals surface area contributed by atoms with Crippen molar-refractivity contribution in [2.75, 3.05) is 23.9 Å². The maximum Gasteiger partial charge on any atom is 0.326 e. The zero-order valence-corrected chi connectivity index (χ0v) is 11.6. The van der Waals surface area contributed by atoms with E-state index in [4.69, 9.17) is 0 Å². The first kappa shape index (κ1) is 13.8. The van der Waals surface area contributed by atoms with Gasteiger partial charge in [-0.15, -0.1) is 0 Å². The van der Waals surface area contributed by atoms with Crippen LogP contribution < -0.4 is 14.3 Å². The summed E-state index contributed by atoms with van der Waals surface area (Å²) in [6, 6.07) is 2.56. The molecule has 3 rings (SSSR count). The molecule has 0 spiro atoms. The van der Waals surface area contributed by atoms with Crippen LogP contribution >= 0.6 is 0 Å². The van der Waals surface area contributed by atoms with E-state index >= 15 is 0 Å². The van der Waals surface area contributed by atoms with Crippen LogP contribution in [0.25, 0.3) is 6.08 Å². The molecule has 2 fully saturated rings. The number of hydrogen-bond acceptors (Lipinski definition) is 5. The van der Waals surface area contributed by atoms with E-state index in [1.165, 1.54) is 12.1 Å². The van der Waals surface area contributed by atoms with Crippen LogP contribution in [0.15, 0.2) is 17.7 Å². The average molecular weight is 313 g/mol. The fourth-order valence-corrected chi connectivity index (χ4v) is 3.32. The van der Waals surface area contributed by atoms with Crippen molar-refractivity contribution in [3.8, 4) is 5.75 Å². The average Bonchev–Trinajstić information content (AvgIpc) is 2.60. The van der Waals surface area contributed by atoms with Gasteiger partial charge in [0.15, 0.2) is 5.82 Å². The fourth-order valence-electron chi connectivity index (χ4n) is 2.16. The molecule has 112 valence electrons. The zero-order chi connectivity index (χ0) is 15.2. The molecule has 7 nitrogen and oxygen atoms in total. The number of hydrogen-bond donors (Lipinski definition) is 3. The molecule has 2 aliphatic heterocycles. The van der Waals surface area contributed by atoms with Crippen LogP contribution in [0.4, 0.5) is 10.1 Å². The van der Waals surface area contributed by atoms with Gasteiger partial charge in [0.05, 0.1) is 0 Å². The molecule has 0 aliphatic carbocycles. The summed E-state index contributed by atoms with van der Waals surface area (Å²) in [4.78, 5) is 11.2. The van der Waals surface area contributed by atoms with E-state index in [1.54, 1.807) is 10.8 Å². The molecule has 0 aromatic heterocycles. The molecular formula is C12H12FN3O4S. The van der Waals surface area contributed by atoms with E-state index in [9.17, 15) is 22.7 Å². The number of nitrogens with one attached hydrogen (secondary N) is 2. The van der Waals surface area contributed by atoms with Crippen LogP contribution in [0.2, 0.25) is 0 Å². The van der Waals surface area contributed by atoms with Gasteiger partial charge in [0.1, 0.15) is 18.0 Å². The molecule has 0 atom stereocenters. The first-order valence-electron chi connectivity index (χ1n) is 6.13. The minimum atomic E-state index is -4.17. The van der Waals surface area contributed by atoms with E-state index in [0.717, 1.165) is 5.57 Å². The Labute approximate surface area is 120 Å². The number of carbonyl (C=O) groups is 1. The maximum absolute atomic E-state index is 14.5. The highest BCUT2D eigenvalue weighted by molar-refractivity contribution is 7.92. The van der Waals surface area contributed by atoms with Gasteiger partial charge in [-0.2, -0.15) is 8.42 Å². The molecule has 2 saturated heterocycles. The summed E-state index contributed by atoms with van der Waals surface area (Å²) in [5.74, 6) is -2.20. The Bertz CT molecular complexity index is 754. The van der Waals surface area contributed by atoms with Gasteiger partial charge in [-0.05, 0) is 17.7 Å². The highest BCUT2D eigenvalue weighted by Gasteiger charge is 2.37. The van der Waals surface area contributed by atoms with Crippen molar-refractivity contribution in [3.05, 3.63) is 29.1 Å². The third-order valence-corrected chi connectivity index (χ3v) is 4.64. The highest BCUT2D eigenvalue weighted by atomic mass is 32.2. The Morgan fingerprint density at radius 1 is 1.33 bits per heavy atom. The van der Waals surface area contributed by atoms with Gasteiger partial charge in [-0.1, -0.05) is 6.08 Å². The lowest BCUT2D eigenvalue weighted by Gasteiger charge is -2.20. The lowest BCUT2D eigenvalue weighted by Crippen LogP contribution is -2.33. The predicted molar refractivity (Wildman–Crippen MR) is 73.3 cm³/mol. The van der Waals surface area contributed by atoms with E-state index in [0.29, 0.717) is 17.4 Å². The largest absolute Gasteiger partial charge is 0.506 e. The number of rotatable bonds is 2. The summed E-state index contributed by atoms with van der Waals surface area (Å²) in [6.07, 6.45) is 1.59. The van der Waals surface area contributed by atoms with Gasteiger partial charge >= 0.3 is 10.2 Å². The molecule has 0 unspecified atom stereocenters. The van der Waals surface area contributed by atoms with Crippen LogP contribution in [0.5, 0.6) is 5.75 Å². The predicted octanol–water partition coefficient (Wildman–Crippen LogP) is -0.301. The zero-order valence-electron chi connectivity index (χ0n) is 10.8. The summed E-state index contributed by atoms with van der Waals surface area (Å²) in [5.41, 5.74) is 0.604. The quantitative estimate of drug-likeness (QED) is 0.696. The normalized spacial score (nSPS) is 20.1. The molecule has 2 aliphatic rings. The molecular weight excluding hydrogens is 301 g/mol. The van der Waals surface area contributed by atoms with Crippen molar-refractivity contribution < 1.29 is 22.7 Å². The number of phenolic OH excluding ortho intramolecular Hbond substituents is 1. The number of aromatic hydroxyl groups is 1. The number of benzene rings is 1. The van der Waals surface area contributed by atoms with E-state index in [-0.39, 0.29) is 5.56 Å². The first-order chi connectivity index (χ1) is 9.88. The van der Waals surface area contributed by atoms with Gasteiger partial charge in [0.2, 0.25) is 0 Å². The smallest absolute Gasteiger partial charge is 0.326 e. The second kappa shape index (κ2) is 4.71. The molecule has 1 amide bonds. The second-order valence-corrected chi connectivity index (χ2v) is 6.37. The molecule has 1 aromatic rings. The number of amides is 1. The van der Waals surface area contributed by atoms with E-state index in [2.05, 4.69) is 5.32 Å². The molecule has 3 N–H and O–H groups in total. The van der Waals surface area contributed by atoms with Crippen LogP contribution in [0, 0.1) is 5.82 Å². The number of halogens is 1. The minimum absolute atomic E-state index is 0.161. The van der Waals surface area contributed by atoms with Crippen LogP contribution in [0.3, 0.4) is 0 Å². The van der Waals surface area contributed by atoms with Crippen molar-refractivity contribution in [2.24, 2.45) is 0 Å². The van der Waals surface area contributed by atoms with Crippen molar-refractivity contribution in [1.82, 2.24) is 10.0 Å². The van der Waals surface area contributed by atoms with Crippen molar-refractivity contribution in [1.29, 1.82) is 0 Å².